The molecule has 52 valence electrons. The first-order valence-corrected chi connectivity index (χ1v) is 4.15. The quantitative estimate of drug-likeness (QED) is 0.528. The van der Waals surface area contributed by atoms with Gasteiger partial charge in [-0.25, -0.2) is 12.8 Å². The number of fused-ring (bicyclic) bond motifs is 2. The zero-order valence-electron chi connectivity index (χ0n) is 4.83. The van der Waals surface area contributed by atoms with Gasteiger partial charge in [-0.1, -0.05) is 0 Å². The zero-order valence-corrected chi connectivity index (χ0v) is 5.65. The van der Waals surface area contributed by atoms with Gasteiger partial charge in [0.1, 0.15) is 10.7 Å². The van der Waals surface area contributed by atoms with Crippen molar-refractivity contribution < 1.29 is 12.8 Å². The van der Waals surface area contributed by atoms with Gasteiger partial charge < -0.3 is 0 Å². The van der Waals surface area contributed by atoms with E-state index in [4.69, 9.17) is 0 Å². The molecule has 2 aliphatic rings. The molecule has 0 spiro atoms. The van der Waals surface area contributed by atoms with E-state index in [1.54, 1.807) is 0 Å². The summed E-state index contributed by atoms with van der Waals surface area (Å²) in [5.74, 6) is -0.641. The highest BCUT2D eigenvalue weighted by Crippen LogP contribution is 2.37. The smallest absolute Gasteiger partial charge is 0.209 e. The van der Waals surface area contributed by atoms with Crippen LogP contribution in [0.1, 0.15) is 0 Å². The van der Waals surface area contributed by atoms with E-state index in [0.717, 1.165) is 6.08 Å². The van der Waals surface area contributed by atoms with Crippen molar-refractivity contribution in [1.82, 2.24) is 0 Å². The van der Waals surface area contributed by atoms with Gasteiger partial charge in [-0.05, 0) is 18.2 Å². The normalized spacial score (nSPS) is 25.9. The highest BCUT2D eigenvalue weighted by atomic mass is 32.2. The lowest BCUT2D eigenvalue weighted by atomic mass is 10.3. The van der Waals surface area contributed by atoms with Crippen LogP contribution >= 0.6 is 0 Å². The Morgan fingerprint density at radius 3 is 2.20 bits per heavy atom. The van der Waals surface area contributed by atoms with Gasteiger partial charge in [0.25, 0.3) is 0 Å². The highest BCUT2D eigenvalue weighted by molar-refractivity contribution is 8.00. The molecule has 0 aromatic carbocycles. The molecular weight excluding hydrogens is 155 g/mol. The van der Waals surface area contributed by atoms with Crippen LogP contribution in [-0.2, 0) is 9.84 Å². The lowest BCUT2D eigenvalue weighted by Crippen LogP contribution is -1.93. The summed E-state index contributed by atoms with van der Waals surface area (Å²) in [6.07, 6.45) is 3.71. The predicted octanol–water partition coefficient (Wildman–Crippen LogP) is 1.05. The summed E-state index contributed by atoms with van der Waals surface area (Å²) in [4.78, 5) is -0.123. The lowest BCUT2D eigenvalue weighted by Gasteiger charge is -1.87. The average Bonchev–Trinajstić information content (AvgIpc) is 2.20. The third-order valence-corrected chi connectivity index (χ3v) is 3.29. The molecule has 0 atom stereocenters. The first-order valence-electron chi connectivity index (χ1n) is 2.67. The minimum Gasteiger partial charge on any atom is -0.218 e. The van der Waals surface area contributed by atoms with Crippen molar-refractivity contribution in [3.8, 4) is 0 Å². The summed E-state index contributed by atoms with van der Waals surface area (Å²) in [5.41, 5.74) is 0. The topological polar surface area (TPSA) is 34.1 Å². The maximum absolute atomic E-state index is 12.5. The molecule has 0 aromatic rings. The minimum atomic E-state index is -3.39. The average molecular weight is 158 g/mol. The molecule has 2 rings (SSSR count). The van der Waals surface area contributed by atoms with E-state index in [-0.39, 0.29) is 9.81 Å². The summed E-state index contributed by atoms with van der Waals surface area (Å²) in [5, 5.41) is 0. The molecule has 0 fully saturated rings. The minimum absolute atomic E-state index is 0.0694. The number of hydrogen-bond donors (Lipinski definition) is 0. The Labute approximate surface area is 57.3 Å². The predicted molar refractivity (Wildman–Crippen MR) is 34.3 cm³/mol. The Bertz CT molecular complexity index is 384. The van der Waals surface area contributed by atoms with Crippen molar-refractivity contribution >= 4 is 9.84 Å². The highest BCUT2D eigenvalue weighted by Gasteiger charge is 2.34. The number of allylic oxidation sites excluding steroid dienone is 4. The molecule has 2 nitrogen and oxygen atoms in total. The van der Waals surface area contributed by atoms with Crippen LogP contribution in [0.15, 0.2) is 33.9 Å². The monoisotopic (exact) mass is 158 g/mol. The number of rotatable bonds is 0. The summed E-state index contributed by atoms with van der Waals surface area (Å²) >= 11 is 0. The summed E-state index contributed by atoms with van der Waals surface area (Å²) in [7, 11) is -3.39. The van der Waals surface area contributed by atoms with Gasteiger partial charge in [0, 0.05) is 0 Å². The Morgan fingerprint density at radius 2 is 2.00 bits per heavy atom. The Kier molecular flexibility index (Phi) is 0.817. The molecule has 0 N–H and O–H groups in total. The van der Waals surface area contributed by atoms with Crippen LogP contribution in [-0.4, -0.2) is 8.42 Å². The van der Waals surface area contributed by atoms with E-state index in [0.29, 0.717) is 0 Å². The summed E-state index contributed by atoms with van der Waals surface area (Å²) < 4.78 is 34.4. The van der Waals surface area contributed by atoms with E-state index in [9.17, 15) is 12.8 Å². The van der Waals surface area contributed by atoms with Gasteiger partial charge in [0.15, 0.2) is 0 Å². The van der Waals surface area contributed by atoms with Gasteiger partial charge in [-0.3, -0.25) is 0 Å². The molecule has 0 aromatic heterocycles. The molecule has 10 heavy (non-hydrogen) atoms. The van der Waals surface area contributed by atoms with Crippen LogP contribution in [0.3, 0.4) is 0 Å². The first kappa shape index (κ1) is 5.85. The van der Waals surface area contributed by atoms with Crippen LogP contribution in [0, 0.1) is 0 Å². The third kappa shape index (κ3) is 0.455. The van der Waals surface area contributed by atoms with Crippen LogP contribution < -0.4 is 0 Å². The van der Waals surface area contributed by atoms with Gasteiger partial charge in [0.2, 0.25) is 9.84 Å². The molecule has 2 aliphatic heterocycles. The molecule has 4 heteroatoms. The van der Waals surface area contributed by atoms with Gasteiger partial charge in [-0.2, -0.15) is 0 Å². The zero-order chi connectivity index (χ0) is 7.35. The maximum atomic E-state index is 12.5. The van der Waals surface area contributed by atoms with E-state index in [1.807, 2.05) is 0 Å². The largest absolute Gasteiger partial charge is 0.218 e. The Balaban J connectivity index is 2.90. The van der Waals surface area contributed by atoms with Crippen molar-refractivity contribution in [1.29, 1.82) is 0 Å². The number of sulfone groups is 1. The van der Waals surface area contributed by atoms with Crippen LogP contribution in [0.25, 0.3) is 0 Å². The lowest BCUT2D eigenvalue weighted by molar-refractivity contribution is 0.609. The third-order valence-electron chi connectivity index (χ3n) is 1.50. The number of hydrogen-bond acceptors (Lipinski definition) is 2. The molecule has 0 amide bonds. The summed E-state index contributed by atoms with van der Waals surface area (Å²) in [6.45, 7) is 0. The molecular formula is C6H3FO2S. The number of halogens is 1. The molecule has 0 aliphatic carbocycles. The molecule has 0 saturated carbocycles. The second kappa shape index (κ2) is 1.40. The fourth-order valence-electron chi connectivity index (χ4n) is 0.994. The fourth-order valence-corrected chi connectivity index (χ4v) is 2.32. The summed E-state index contributed by atoms with van der Waals surface area (Å²) in [6, 6.07) is 0. The van der Waals surface area contributed by atoms with E-state index in [2.05, 4.69) is 0 Å². The van der Waals surface area contributed by atoms with E-state index >= 15 is 0 Å². The Hall–Kier alpha value is -0.900. The molecule has 2 heterocycles. The standard InChI is InChI=1S/C6H3FO2S/c7-5-3-4-1-2-6(5)10(4,8)9/h1-3H. The van der Waals surface area contributed by atoms with Crippen LogP contribution in [0.5, 0.6) is 0 Å². The van der Waals surface area contributed by atoms with Gasteiger partial charge in [0.05, 0.1) is 4.91 Å². The molecule has 0 unspecified atom stereocenters. The van der Waals surface area contributed by atoms with E-state index < -0.39 is 15.7 Å². The SMILES string of the molecule is O=S1(=O)C2=CC(F)=C1C=C2. The second-order valence-corrected chi connectivity index (χ2v) is 4.01. The van der Waals surface area contributed by atoms with Gasteiger partial charge >= 0.3 is 0 Å². The van der Waals surface area contributed by atoms with Gasteiger partial charge in [-0.15, -0.1) is 0 Å². The van der Waals surface area contributed by atoms with Crippen molar-refractivity contribution in [3.05, 3.63) is 33.9 Å². The molecule has 0 saturated heterocycles. The van der Waals surface area contributed by atoms with Crippen molar-refractivity contribution in [2.45, 2.75) is 0 Å². The Morgan fingerprint density at radius 1 is 1.30 bits per heavy atom. The fraction of sp³-hybridized carbons (Fsp3) is 0. The molecule has 0 radical (unpaired) electrons. The van der Waals surface area contributed by atoms with Crippen molar-refractivity contribution in [3.63, 3.8) is 0 Å². The van der Waals surface area contributed by atoms with Crippen LogP contribution in [0.2, 0.25) is 0 Å². The second-order valence-electron chi connectivity index (χ2n) is 2.10. The maximum Gasteiger partial charge on any atom is 0.209 e. The van der Waals surface area contributed by atoms with E-state index in [1.165, 1.54) is 12.2 Å². The van der Waals surface area contributed by atoms with Crippen LogP contribution in [0.4, 0.5) is 4.39 Å². The first-order chi connectivity index (χ1) is 4.62. The van der Waals surface area contributed by atoms with Crippen molar-refractivity contribution in [2.24, 2.45) is 0 Å². The van der Waals surface area contributed by atoms with Crippen molar-refractivity contribution in [2.75, 3.05) is 0 Å². The molecule has 2 bridgehead atoms.